The van der Waals surface area contributed by atoms with Crippen molar-refractivity contribution < 1.29 is 9.90 Å². The van der Waals surface area contributed by atoms with Crippen molar-refractivity contribution in [3.63, 3.8) is 0 Å². The Hall–Kier alpha value is -1.31. The number of carboxylic acids is 1. The minimum absolute atomic E-state index is 0.600. The number of carbonyl (C=O) groups is 1. The fourth-order valence-electron chi connectivity index (χ4n) is 1.96. The molecule has 0 atom stereocenters. The number of carboxylic acid groups (broad SMARTS) is 1. The first-order chi connectivity index (χ1) is 7.49. The van der Waals surface area contributed by atoms with E-state index >= 15 is 0 Å². The van der Waals surface area contributed by atoms with Crippen LogP contribution >= 0.6 is 0 Å². The summed E-state index contributed by atoms with van der Waals surface area (Å²) in [5.74, 6) is -0.00258. The van der Waals surface area contributed by atoms with Crippen LogP contribution in [0, 0.1) is 5.41 Å². The highest BCUT2D eigenvalue weighted by atomic mass is 16.4. The maximum absolute atomic E-state index is 11.1. The Labute approximate surface area is 96.3 Å². The van der Waals surface area contributed by atoms with Gasteiger partial charge in [0.2, 0.25) is 0 Å². The molecule has 0 spiro atoms. The average Bonchev–Trinajstić information content (AvgIpc) is 3.00. The van der Waals surface area contributed by atoms with Crippen LogP contribution in [0.3, 0.4) is 0 Å². The van der Waals surface area contributed by atoms with Gasteiger partial charge in [0.25, 0.3) is 0 Å². The van der Waals surface area contributed by atoms with E-state index in [4.69, 9.17) is 5.11 Å². The molecular weight excluding hydrogens is 200 g/mol. The summed E-state index contributed by atoms with van der Waals surface area (Å²) in [7, 11) is 0. The number of benzene rings is 1. The Kier molecular flexibility index (Phi) is 2.75. The second-order valence-electron chi connectivity index (χ2n) is 5.39. The monoisotopic (exact) mass is 218 g/mol. The Bertz CT molecular complexity index is 403. The molecule has 86 valence electrons. The van der Waals surface area contributed by atoms with E-state index in [2.05, 4.69) is 12.1 Å². The molecule has 1 N–H and O–H groups in total. The molecule has 0 aromatic heterocycles. The molecule has 2 nitrogen and oxygen atoms in total. The fraction of sp³-hybridized carbons (Fsp3) is 0.500. The quantitative estimate of drug-likeness (QED) is 0.842. The molecule has 1 aromatic carbocycles. The van der Waals surface area contributed by atoms with Gasteiger partial charge < -0.3 is 5.11 Å². The Morgan fingerprint density at radius 3 is 2.69 bits per heavy atom. The second kappa shape index (κ2) is 3.93. The van der Waals surface area contributed by atoms with Gasteiger partial charge in [-0.15, -0.1) is 0 Å². The van der Waals surface area contributed by atoms with Crippen molar-refractivity contribution in [2.24, 2.45) is 5.41 Å². The molecule has 0 radical (unpaired) electrons. The molecule has 16 heavy (non-hydrogen) atoms. The van der Waals surface area contributed by atoms with Gasteiger partial charge in [0.1, 0.15) is 0 Å². The van der Waals surface area contributed by atoms with Crippen molar-refractivity contribution in [1.29, 1.82) is 0 Å². The van der Waals surface area contributed by atoms with Crippen LogP contribution < -0.4 is 0 Å². The summed E-state index contributed by atoms with van der Waals surface area (Å²) in [4.78, 5) is 11.1. The molecule has 0 saturated heterocycles. The van der Waals surface area contributed by atoms with Crippen LogP contribution in [0.5, 0.6) is 0 Å². The van der Waals surface area contributed by atoms with Crippen LogP contribution in [0.4, 0.5) is 0 Å². The molecule has 0 unspecified atom stereocenters. The van der Waals surface area contributed by atoms with Gasteiger partial charge in [-0.3, -0.25) is 4.79 Å². The Morgan fingerprint density at radius 2 is 2.12 bits per heavy atom. The lowest BCUT2D eigenvalue weighted by molar-refractivity contribution is -0.146. The van der Waals surface area contributed by atoms with Crippen molar-refractivity contribution in [2.45, 2.75) is 39.0 Å². The number of hydrogen-bond donors (Lipinski definition) is 1. The van der Waals surface area contributed by atoms with E-state index in [9.17, 15) is 4.79 Å². The van der Waals surface area contributed by atoms with Crippen LogP contribution in [0.1, 0.15) is 43.7 Å². The SMILES string of the molecule is CC(C)(Cc1cccc(C2CC2)c1)C(=O)O. The molecule has 1 aliphatic carbocycles. The molecule has 2 heteroatoms. The third-order valence-corrected chi connectivity index (χ3v) is 3.22. The third-order valence-electron chi connectivity index (χ3n) is 3.22. The molecule has 0 heterocycles. The van der Waals surface area contributed by atoms with Gasteiger partial charge >= 0.3 is 5.97 Å². The maximum atomic E-state index is 11.1. The smallest absolute Gasteiger partial charge is 0.309 e. The summed E-state index contributed by atoms with van der Waals surface area (Å²) in [6, 6.07) is 8.38. The van der Waals surface area contributed by atoms with Crippen LogP contribution in [0.15, 0.2) is 24.3 Å². The summed E-state index contributed by atoms with van der Waals surface area (Å²) < 4.78 is 0. The molecule has 1 aliphatic rings. The van der Waals surface area contributed by atoms with Gasteiger partial charge in [0.15, 0.2) is 0 Å². The predicted molar refractivity (Wildman–Crippen MR) is 63.5 cm³/mol. The van der Waals surface area contributed by atoms with Gasteiger partial charge in [0.05, 0.1) is 5.41 Å². The summed E-state index contributed by atoms with van der Waals surface area (Å²) in [5.41, 5.74) is 1.83. The van der Waals surface area contributed by atoms with Gasteiger partial charge in [-0.05, 0) is 50.2 Å². The van der Waals surface area contributed by atoms with Gasteiger partial charge in [-0.1, -0.05) is 24.3 Å². The van der Waals surface area contributed by atoms with Crippen molar-refractivity contribution in [2.75, 3.05) is 0 Å². The Balaban J connectivity index is 2.14. The van der Waals surface area contributed by atoms with Gasteiger partial charge in [-0.2, -0.15) is 0 Å². The molecule has 1 saturated carbocycles. The highest BCUT2D eigenvalue weighted by Gasteiger charge is 2.28. The first-order valence-electron chi connectivity index (χ1n) is 5.81. The van der Waals surface area contributed by atoms with Gasteiger partial charge in [-0.25, -0.2) is 0 Å². The van der Waals surface area contributed by atoms with E-state index in [1.807, 2.05) is 12.1 Å². The average molecular weight is 218 g/mol. The molecule has 1 aromatic rings. The molecule has 0 aliphatic heterocycles. The van der Waals surface area contributed by atoms with Crippen LogP contribution in [0.2, 0.25) is 0 Å². The predicted octanol–water partition coefficient (Wildman–Crippen LogP) is 3.22. The molecule has 2 rings (SSSR count). The van der Waals surface area contributed by atoms with E-state index in [1.165, 1.54) is 18.4 Å². The standard InChI is InChI=1S/C14H18O2/c1-14(2,13(15)16)9-10-4-3-5-12(8-10)11-6-7-11/h3-5,8,11H,6-7,9H2,1-2H3,(H,15,16). The first-order valence-corrected chi connectivity index (χ1v) is 5.81. The van der Waals surface area contributed by atoms with E-state index in [1.54, 1.807) is 13.8 Å². The minimum Gasteiger partial charge on any atom is -0.481 e. The normalized spacial score (nSPS) is 16.1. The molecule has 0 amide bonds. The highest BCUT2D eigenvalue weighted by molar-refractivity contribution is 5.74. The fourth-order valence-corrected chi connectivity index (χ4v) is 1.96. The number of aliphatic carboxylic acids is 1. The lowest BCUT2D eigenvalue weighted by Crippen LogP contribution is -2.26. The third kappa shape index (κ3) is 2.43. The Morgan fingerprint density at radius 1 is 1.44 bits per heavy atom. The van der Waals surface area contributed by atoms with Crippen molar-refractivity contribution >= 4 is 5.97 Å². The van der Waals surface area contributed by atoms with E-state index < -0.39 is 11.4 Å². The molecular formula is C14H18O2. The number of rotatable bonds is 4. The topological polar surface area (TPSA) is 37.3 Å². The molecule has 0 bridgehead atoms. The zero-order valence-electron chi connectivity index (χ0n) is 9.86. The van der Waals surface area contributed by atoms with E-state index in [0.29, 0.717) is 6.42 Å². The zero-order chi connectivity index (χ0) is 11.8. The van der Waals surface area contributed by atoms with E-state index in [0.717, 1.165) is 11.5 Å². The zero-order valence-corrected chi connectivity index (χ0v) is 9.86. The lowest BCUT2D eigenvalue weighted by atomic mass is 9.85. The summed E-state index contributed by atoms with van der Waals surface area (Å²) in [6.07, 6.45) is 3.17. The maximum Gasteiger partial charge on any atom is 0.309 e. The first kappa shape index (κ1) is 11.2. The van der Waals surface area contributed by atoms with Crippen LogP contribution in [0.25, 0.3) is 0 Å². The van der Waals surface area contributed by atoms with Crippen LogP contribution in [-0.4, -0.2) is 11.1 Å². The lowest BCUT2D eigenvalue weighted by Gasteiger charge is -2.19. The summed E-state index contributed by atoms with van der Waals surface area (Å²) in [6.45, 7) is 3.55. The van der Waals surface area contributed by atoms with Crippen molar-refractivity contribution in [3.05, 3.63) is 35.4 Å². The minimum atomic E-state index is -0.732. The number of hydrogen-bond acceptors (Lipinski definition) is 1. The largest absolute Gasteiger partial charge is 0.481 e. The summed E-state index contributed by atoms with van der Waals surface area (Å²) >= 11 is 0. The van der Waals surface area contributed by atoms with E-state index in [-0.39, 0.29) is 0 Å². The highest BCUT2D eigenvalue weighted by Crippen LogP contribution is 2.40. The van der Waals surface area contributed by atoms with Crippen molar-refractivity contribution in [1.82, 2.24) is 0 Å². The second-order valence-corrected chi connectivity index (χ2v) is 5.39. The van der Waals surface area contributed by atoms with Gasteiger partial charge in [0, 0.05) is 0 Å². The van der Waals surface area contributed by atoms with Crippen LogP contribution in [-0.2, 0) is 11.2 Å². The molecule has 1 fully saturated rings. The summed E-state index contributed by atoms with van der Waals surface area (Å²) in [5, 5.41) is 9.09. The van der Waals surface area contributed by atoms with Crippen molar-refractivity contribution in [3.8, 4) is 0 Å².